The number of guanidine groups is 1. The van der Waals surface area contributed by atoms with E-state index in [1.807, 2.05) is 0 Å². The third-order valence-corrected chi connectivity index (χ3v) is 4.58. The highest BCUT2D eigenvalue weighted by Crippen LogP contribution is 2.46. The molecule has 1 fully saturated rings. The van der Waals surface area contributed by atoms with Crippen molar-refractivity contribution in [3.05, 3.63) is 0 Å². The molecule has 3 N–H and O–H groups in total. The highest BCUT2D eigenvalue weighted by Gasteiger charge is 2.45. The molecule has 1 aliphatic rings. The summed E-state index contributed by atoms with van der Waals surface area (Å²) in [6.07, 6.45) is 7.92. The number of hydrogen-bond acceptors (Lipinski definition) is 3. The van der Waals surface area contributed by atoms with Gasteiger partial charge in [-0.15, -0.1) is 0 Å². The zero-order valence-corrected chi connectivity index (χ0v) is 12.9. The first-order valence-electron chi connectivity index (χ1n) is 7.08. The molecule has 0 radical (unpaired) electrons. The van der Waals surface area contributed by atoms with E-state index in [9.17, 15) is 8.42 Å². The smallest absolute Gasteiger partial charge is 0.188 e. The second kappa shape index (κ2) is 7.12. The highest BCUT2D eigenvalue weighted by molar-refractivity contribution is 7.90. The molecular weight excluding hydrogens is 262 g/mol. The molecule has 1 aliphatic carbocycles. The first-order valence-corrected chi connectivity index (χ1v) is 9.14. The van der Waals surface area contributed by atoms with Gasteiger partial charge < -0.3 is 11.1 Å². The molecule has 6 heteroatoms. The lowest BCUT2D eigenvalue weighted by Gasteiger charge is -2.11. The second-order valence-electron chi connectivity index (χ2n) is 5.76. The fourth-order valence-corrected chi connectivity index (χ4v) is 3.65. The lowest BCUT2D eigenvalue weighted by atomic mass is 10.1. The Morgan fingerprint density at radius 2 is 2.00 bits per heavy atom. The fraction of sp³-hybridized carbons (Fsp3) is 0.923. The van der Waals surface area contributed by atoms with Crippen molar-refractivity contribution in [3.63, 3.8) is 0 Å². The summed E-state index contributed by atoms with van der Waals surface area (Å²) in [5.41, 5.74) is 5.64. The van der Waals surface area contributed by atoms with Gasteiger partial charge >= 0.3 is 0 Å². The molecule has 1 saturated carbocycles. The molecule has 0 aromatic carbocycles. The number of sulfone groups is 1. The Labute approximate surface area is 117 Å². The maximum Gasteiger partial charge on any atom is 0.188 e. The van der Waals surface area contributed by atoms with E-state index in [0.717, 1.165) is 25.8 Å². The van der Waals surface area contributed by atoms with Crippen LogP contribution >= 0.6 is 0 Å². The molecule has 0 heterocycles. The van der Waals surface area contributed by atoms with E-state index in [2.05, 4.69) is 17.2 Å². The van der Waals surface area contributed by atoms with Crippen LogP contribution in [0.4, 0.5) is 0 Å². The molecule has 0 saturated heterocycles. The molecule has 0 unspecified atom stereocenters. The number of hydrogen-bond donors (Lipinski definition) is 2. The molecule has 5 nitrogen and oxygen atoms in total. The van der Waals surface area contributed by atoms with Crippen molar-refractivity contribution in [3.8, 4) is 0 Å². The van der Waals surface area contributed by atoms with E-state index in [-0.39, 0.29) is 11.2 Å². The van der Waals surface area contributed by atoms with Crippen LogP contribution in [0.2, 0.25) is 0 Å². The maximum atomic E-state index is 11.3. The van der Waals surface area contributed by atoms with Gasteiger partial charge in [0.1, 0.15) is 9.84 Å². The van der Waals surface area contributed by atoms with E-state index in [0.29, 0.717) is 12.5 Å². The number of aliphatic imine (C=N–C) groups is 1. The number of nitrogens with two attached hydrogens (primary N) is 1. The molecule has 0 atom stereocenters. The van der Waals surface area contributed by atoms with Gasteiger partial charge in [0.2, 0.25) is 0 Å². The first kappa shape index (κ1) is 16.3. The van der Waals surface area contributed by atoms with Crippen molar-refractivity contribution in [2.45, 2.75) is 45.4 Å². The standard InChI is InChI=1S/C13H27N3O2S/c1-3-4-5-6-9-15-12(14)16-10-13(7-8-13)11-19(2,17)18/h3-11H2,1-2H3,(H3,14,15,16). The summed E-state index contributed by atoms with van der Waals surface area (Å²) in [5, 5.41) is 3.08. The Balaban J connectivity index is 2.24. The third kappa shape index (κ3) is 7.40. The van der Waals surface area contributed by atoms with Crippen molar-refractivity contribution in [1.29, 1.82) is 0 Å². The summed E-state index contributed by atoms with van der Waals surface area (Å²) in [7, 11) is -2.92. The number of nitrogens with zero attached hydrogens (tertiary/aromatic N) is 1. The minimum Gasteiger partial charge on any atom is -0.370 e. The monoisotopic (exact) mass is 289 g/mol. The zero-order chi connectivity index (χ0) is 14.4. The van der Waals surface area contributed by atoms with Crippen LogP contribution in [0.1, 0.15) is 45.4 Å². The SMILES string of the molecule is CCCCCCNC(N)=NCC1(CS(C)(=O)=O)CC1. The predicted molar refractivity (Wildman–Crippen MR) is 80.0 cm³/mol. The summed E-state index contributed by atoms with van der Waals surface area (Å²) in [4.78, 5) is 4.28. The Hall–Kier alpha value is -0.780. The third-order valence-electron chi connectivity index (χ3n) is 3.45. The van der Waals surface area contributed by atoms with Crippen LogP contribution < -0.4 is 11.1 Å². The van der Waals surface area contributed by atoms with Crippen LogP contribution in [0.3, 0.4) is 0 Å². The van der Waals surface area contributed by atoms with Crippen molar-refractivity contribution in [2.24, 2.45) is 16.1 Å². The van der Waals surface area contributed by atoms with Gasteiger partial charge in [-0.3, -0.25) is 4.99 Å². The Kier molecular flexibility index (Phi) is 6.10. The topological polar surface area (TPSA) is 84.5 Å². The van der Waals surface area contributed by atoms with E-state index in [4.69, 9.17) is 5.73 Å². The molecule has 0 amide bonds. The van der Waals surface area contributed by atoms with Crippen LogP contribution in [0, 0.1) is 5.41 Å². The Bertz CT molecular complexity index is 400. The number of rotatable bonds is 9. The molecule has 0 spiro atoms. The van der Waals surface area contributed by atoms with Crippen molar-refractivity contribution in [1.82, 2.24) is 5.32 Å². The summed E-state index contributed by atoms with van der Waals surface area (Å²) < 4.78 is 22.6. The normalized spacial score (nSPS) is 18.3. The van der Waals surface area contributed by atoms with Crippen LogP contribution in [-0.4, -0.2) is 39.5 Å². The lowest BCUT2D eigenvalue weighted by Crippen LogP contribution is -2.33. The molecule has 112 valence electrons. The van der Waals surface area contributed by atoms with Gasteiger partial charge in [0, 0.05) is 24.8 Å². The van der Waals surface area contributed by atoms with Crippen LogP contribution in [0.25, 0.3) is 0 Å². The Morgan fingerprint density at radius 3 is 2.53 bits per heavy atom. The first-order chi connectivity index (χ1) is 8.87. The quantitative estimate of drug-likeness (QED) is 0.380. The summed E-state index contributed by atoms with van der Waals surface area (Å²) in [5.74, 6) is 0.670. The average Bonchev–Trinajstić information content (AvgIpc) is 3.04. The predicted octanol–water partition coefficient (Wildman–Crippen LogP) is 1.30. The van der Waals surface area contributed by atoms with Gasteiger partial charge in [-0.05, 0) is 19.3 Å². The van der Waals surface area contributed by atoms with Crippen molar-refractivity contribution < 1.29 is 8.42 Å². The van der Waals surface area contributed by atoms with Gasteiger partial charge in [-0.1, -0.05) is 26.2 Å². The van der Waals surface area contributed by atoms with Gasteiger partial charge in [-0.2, -0.15) is 0 Å². The lowest BCUT2D eigenvalue weighted by molar-refractivity contribution is 0.550. The van der Waals surface area contributed by atoms with E-state index in [1.54, 1.807) is 0 Å². The molecule has 19 heavy (non-hydrogen) atoms. The minimum atomic E-state index is -2.92. The van der Waals surface area contributed by atoms with Crippen LogP contribution in [-0.2, 0) is 9.84 Å². The summed E-state index contributed by atoms with van der Waals surface area (Å²) in [6, 6.07) is 0. The van der Waals surface area contributed by atoms with E-state index < -0.39 is 9.84 Å². The zero-order valence-electron chi connectivity index (χ0n) is 12.1. The summed E-state index contributed by atoms with van der Waals surface area (Å²) >= 11 is 0. The maximum absolute atomic E-state index is 11.3. The van der Waals surface area contributed by atoms with Gasteiger partial charge in [-0.25, -0.2) is 8.42 Å². The van der Waals surface area contributed by atoms with Crippen molar-refractivity contribution in [2.75, 3.05) is 25.1 Å². The molecular formula is C13H27N3O2S. The average molecular weight is 289 g/mol. The van der Waals surface area contributed by atoms with E-state index in [1.165, 1.54) is 25.5 Å². The fourth-order valence-electron chi connectivity index (χ4n) is 2.16. The number of unbranched alkanes of at least 4 members (excludes halogenated alkanes) is 3. The molecule has 0 aromatic heterocycles. The number of nitrogens with one attached hydrogen (secondary N) is 1. The second-order valence-corrected chi connectivity index (χ2v) is 7.90. The molecule has 0 bridgehead atoms. The minimum absolute atomic E-state index is 0.137. The van der Waals surface area contributed by atoms with E-state index >= 15 is 0 Å². The molecule has 1 rings (SSSR count). The Morgan fingerprint density at radius 1 is 1.32 bits per heavy atom. The van der Waals surface area contributed by atoms with Crippen LogP contribution in [0.5, 0.6) is 0 Å². The van der Waals surface area contributed by atoms with Crippen LogP contribution in [0.15, 0.2) is 4.99 Å². The van der Waals surface area contributed by atoms with Gasteiger partial charge in [0.25, 0.3) is 0 Å². The molecule has 0 aliphatic heterocycles. The highest BCUT2D eigenvalue weighted by atomic mass is 32.2. The van der Waals surface area contributed by atoms with Gasteiger partial charge in [0.05, 0.1) is 5.75 Å². The van der Waals surface area contributed by atoms with Crippen molar-refractivity contribution >= 4 is 15.8 Å². The summed E-state index contributed by atoms with van der Waals surface area (Å²) in [6.45, 7) is 3.54. The largest absolute Gasteiger partial charge is 0.370 e. The van der Waals surface area contributed by atoms with Gasteiger partial charge in [0.15, 0.2) is 5.96 Å². The molecule has 0 aromatic rings.